The number of halogens is 1. The number of nitrogens with one attached hydrogen (secondary N) is 2. The van der Waals surface area contributed by atoms with E-state index in [1.807, 2.05) is 13.8 Å². The Morgan fingerprint density at radius 3 is 2.33 bits per heavy atom. The van der Waals surface area contributed by atoms with Crippen LogP contribution < -0.4 is 16.2 Å². The van der Waals surface area contributed by atoms with Crippen molar-refractivity contribution in [2.75, 3.05) is 5.32 Å². The summed E-state index contributed by atoms with van der Waals surface area (Å²) in [5.41, 5.74) is 1.61. The Morgan fingerprint density at radius 2 is 1.70 bits per heavy atom. The third kappa shape index (κ3) is 4.78. The van der Waals surface area contributed by atoms with E-state index >= 15 is 0 Å². The van der Waals surface area contributed by atoms with Crippen LogP contribution in [0.15, 0.2) is 59.4 Å². The lowest BCUT2D eigenvalue weighted by molar-refractivity contribution is 0.0942. The maximum atomic E-state index is 13.1. The molecule has 0 atom stereocenters. The van der Waals surface area contributed by atoms with Gasteiger partial charge in [-0.25, -0.2) is 4.39 Å². The molecule has 2 N–H and O–H groups in total. The summed E-state index contributed by atoms with van der Waals surface area (Å²) in [6, 6.07) is 12.7. The van der Waals surface area contributed by atoms with Gasteiger partial charge in [0.25, 0.3) is 17.4 Å². The van der Waals surface area contributed by atoms with Gasteiger partial charge in [0.1, 0.15) is 11.5 Å². The van der Waals surface area contributed by atoms with E-state index in [-0.39, 0.29) is 17.6 Å². The Hall–Kier alpha value is -3.81. The summed E-state index contributed by atoms with van der Waals surface area (Å²) < 4.78 is 14.2. The van der Waals surface area contributed by atoms with Gasteiger partial charge in [0.15, 0.2) is 0 Å². The van der Waals surface area contributed by atoms with Crippen molar-refractivity contribution in [2.45, 2.75) is 26.8 Å². The molecular formula is C22H21FN4O3. The van der Waals surface area contributed by atoms with Crippen LogP contribution in [-0.2, 0) is 0 Å². The third-order valence-electron chi connectivity index (χ3n) is 4.25. The SMILES string of the molecule is Cc1cc(NC(=O)c2ccc(=O)n(-c3ccc(F)cc3)n2)ccc1C(=O)NC(C)C. The van der Waals surface area contributed by atoms with Crippen LogP contribution in [0.5, 0.6) is 0 Å². The summed E-state index contributed by atoms with van der Waals surface area (Å²) in [6.07, 6.45) is 0. The second-order valence-electron chi connectivity index (χ2n) is 7.06. The van der Waals surface area contributed by atoms with Gasteiger partial charge in [0.05, 0.1) is 5.69 Å². The van der Waals surface area contributed by atoms with Gasteiger partial charge >= 0.3 is 0 Å². The minimum atomic E-state index is -0.523. The van der Waals surface area contributed by atoms with Gasteiger partial charge in [-0.05, 0) is 74.9 Å². The summed E-state index contributed by atoms with van der Waals surface area (Å²) in [7, 11) is 0. The highest BCUT2D eigenvalue weighted by Gasteiger charge is 2.14. The maximum Gasteiger partial charge on any atom is 0.276 e. The zero-order chi connectivity index (χ0) is 21.8. The first-order chi connectivity index (χ1) is 14.2. The lowest BCUT2D eigenvalue weighted by Crippen LogP contribution is -2.30. The number of carbonyl (C=O) groups excluding carboxylic acids is 2. The summed E-state index contributed by atoms with van der Waals surface area (Å²) in [6.45, 7) is 5.53. The molecule has 0 bridgehead atoms. The van der Waals surface area contributed by atoms with Crippen molar-refractivity contribution < 1.29 is 14.0 Å². The van der Waals surface area contributed by atoms with Crippen LogP contribution in [0, 0.1) is 12.7 Å². The Bertz CT molecular complexity index is 1150. The average Bonchev–Trinajstić information content (AvgIpc) is 2.68. The van der Waals surface area contributed by atoms with Gasteiger partial charge in [-0.3, -0.25) is 14.4 Å². The normalized spacial score (nSPS) is 10.7. The minimum Gasteiger partial charge on any atom is -0.350 e. The molecule has 30 heavy (non-hydrogen) atoms. The van der Waals surface area contributed by atoms with E-state index in [1.54, 1.807) is 25.1 Å². The number of carbonyl (C=O) groups is 2. The Balaban J connectivity index is 1.82. The summed E-state index contributed by atoms with van der Waals surface area (Å²) in [5, 5.41) is 9.60. The van der Waals surface area contributed by atoms with Crippen LogP contribution in [-0.4, -0.2) is 27.6 Å². The first-order valence-corrected chi connectivity index (χ1v) is 9.34. The van der Waals surface area contributed by atoms with Crippen LogP contribution in [0.1, 0.15) is 40.3 Å². The highest BCUT2D eigenvalue weighted by Crippen LogP contribution is 2.16. The molecule has 154 valence electrons. The third-order valence-corrected chi connectivity index (χ3v) is 4.25. The van der Waals surface area contributed by atoms with E-state index in [0.717, 1.165) is 4.68 Å². The predicted octanol–water partition coefficient (Wildman–Crippen LogP) is 3.07. The van der Waals surface area contributed by atoms with Crippen LogP contribution in [0.3, 0.4) is 0 Å². The minimum absolute atomic E-state index is 0.0122. The maximum absolute atomic E-state index is 13.1. The second kappa shape index (κ2) is 8.69. The summed E-state index contributed by atoms with van der Waals surface area (Å²) in [4.78, 5) is 36.9. The van der Waals surface area contributed by atoms with E-state index < -0.39 is 17.3 Å². The van der Waals surface area contributed by atoms with Crippen molar-refractivity contribution in [1.82, 2.24) is 15.1 Å². The number of nitrogens with zero attached hydrogens (tertiary/aromatic N) is 2. The Labute approximate surface area is 172 Å². The monoisotopic (exact) mass is 408 g/mol. The predicted molar refractivity (Wildman–Crippen MR) is 112 cm³/mol. The molecule has 0 spiro atoms. The van der Waals surface area contributed by atoms with E-state index in [4.69, 9.17) is 0 Å². The molecule has 1 aromatic heterocycles. The molecule has 1 heterocycles. The van der Waals surface area contributed by atoms with Crippen molar-refractivity contribution in [1.29, 1.82) is 0 Å². The molecule has 0 fully saturated rings. The van der Waals surface area contributed by atoms with Gasteiger partial charge in [0, 0.05) is 23.4 Å². The molecule has 3 aromatic rings. The van der Waals surface area contributed by atoms with E-state index in [2.05, 4.69) is 15.7 Å². The van der Waals surface area contributed by atoms with Crippen LogP contribution in [0.2, 0.25) is 0 Å². The number of benzene rings is 2. The lowest BCUT2D eigenvalue weighted by Gasteiger charge is -2.12. The second-order valence-corrected chi connectivity index (χ2v) is 7.06. The van der Waals surface area contributed by atoms with Gasteiger partial charge < -0.3 is 10.6 Å². The quantitative estimate of drug-likeness (QED) is 0.679. The fourth-order valence-corrected chi connectivity index (χ4v) is 2.83. The van der Waals surface area contributed by atoms with Gasteiger partial charge in [-0.2, -0.15) is 9.78 Å². The van der Waals surface area contributed by atoms with Crippen LogP contribution in [0.4, 0.5) is 10.1 Å². The molecule has 8 heteroatoms. The molecule has 0 aliphatic rings. The largest absolute Gasteiger partial charge is 0.350 e. The van der Waals surface area contributed by atoms with Gasteiger partial charge in [0.2, 0.25) is 0 Å². The topological polar surface area (TPSA) is 93.1 Å². The highest BCUT2D eigenvalue weighted by molar-refractivity contribution is 6.03. The molecule has 0 aliphatic carbocycles. The Morgan fingerprint density at radius 1 is 1.00 bits per heavy atom. The number of anilines is 1. The molecule has 2 aromatic carbocycles. The van der Waals surface area contributed by atoms with Crippen molar-refractivity contribution in [3.63, 3.8) is 0 Å². The number of hydrogen-bond acceptors (Lipinski definition) is 4. The first-order valence-electron chi connectivity index (χ1n) is 9.34. The molecule has 0 aliphatic heterocycles. The number of aryl methyl sites for hydroxylation is 1. The number of rotatable bonds is 5. The van der Waals surface area contributed by atoms with Gasteiger partial charge in [-0.15, -0.1) is 0 Å². The first kappa shape index (κ1) is 20.9. The van der Waals surface area contributed by atoms with Crippen molar-refractivity contribution in [3.05, 3.63) is 87.6 Å². The highest BCUT2D eigenvalue weighted by atomic mass is 19.1. The number of aromatic nitrogens is 2. The molecule has 0 unspecified atom stereocenters. The fraction of sp³-hybridized carbons (Fsp3) is 0.182. The standard InChI is InChI=1S/C22H21FN4O3/c1-13(2)24-21(29)18-9-6-16(12-14(18)3)25-22(30)19-10-11-20(28)27(26-19)17-7-4-15(23)5-8-17/h4-13H,1-3H3,(H,24,29)(H,25,30). The summed E-state index contributed by atoms with van der Waals surface area (Å²) >= 11 is 0. The van der Waals surface area contributed by atoms with Crippen molar-refractivity contribution in [3.8, 4) is 5.69 Å². The molecule has 3 rings (SSSR count). The van der Waals surface area contributed by atoms with Crippen LogP contribution >= 0.6 is 0 Å². The van der Waals surface area contributed by atoms with E-state index in [1.165, 1.54) is 36.4 Å². The molecular weight excluding hydrogens is 387 g/mol. The van der Waals surface area contributed by atoms with E-state index in [0.29, 0.717) is 22.5 Å². The molecule has 2 amide bonds. The average molecular weight is 408 g/mol. The zero-order valence-corrected chi connectivity index (χ0v) is 16.8. The smallest absolute Gasteiger partial charge is 0.276 e. The summed E-state index contributed by atoms with van der Waals surface area (Å²) in [5.74, 6) is -1.15. The fourth-order valence-electron chi connectivity index (χ4n) is 2.83. The van der Waals surface area contributed by atoms with Crippen molar-refractivity contribution >= 4 is 17.5 Å². The Kier molecular flexibility index (Phi) is 6.06. The number of amides is 2. The molecule has 0 saturated carbocycles. The molecule has 7 nitrogen and oxygen atoms in total. The van der Waals surface area contributed by atoms with Gasteiger partial charge in [-0.1, -0.05) is 0 Å². The zero-order valence-electron chi connectivity index (χ0n) is 16.8. The molecule has 0 radical (unpaired) electrons. The lowest BCUT2D eigenvalue weighted by atomic mass is 10.1. The molecule has 0 saturated heterocycles. The van der Waals surface area contributed by atoms with E-state index in [9.17, 15) is 18.8 Å². The number of hydrogen-bond donors (Lipinski definition) is 2. The van der Waals surface area contributed by atoms with Crippen molar-refractivity contribution in [2.24, 2.45) is 0 Å². The van der Waals surface area contributed by atoms with Crippen LogP contribution in [0.25, 0.3) is 5.69 Å².